The zero-order valence-corrected chi connectivity index (χ0v) is 7.68. The number of ether oxygens (including phenoxy) is 1. The van der Waals surface area contributed by atoms with E-state index in [1.165, 1.54) is 0 Å². The zero-order chi connectivity index (χ0) is 8.85. The minimum absolute atomic E-state index is 0.0185. The fraction of sp³-hybridized carbons (Fsp3) is 0.875. The largest absolute Gasteiger partial charge is 0.372 e. The van der Waals surface area contributed by atoms with Crippen LogP contribution < -0.4 is 5.32 Å². The molecule has 2 atom stereocenters. The van der Waals surface area contributed by atoms with Crippen molar-refractivity contribution in [1.29, 1.82) is 0 Å². The molecule has 1 N–H and O–H groups in total. The lowest BCUT2D eigenvalue weighted by atomic mass is 10.2. The molecule has 0 saturated carbocycles. The van der Waals surface area contributed by atoms with Crippen molar-refractivity contribution in [2.24, 2.45) is 0 Å². The molecule has 3 nitrogen and oxygen atoms in total. The van der Waals surface area contributed by atoms with Crippen molar-refractivity contribution in [2.75, 3.05) is 7.11 Å². The molecular formula is C8H17NO2. The molecule has 1 heterocycles. The number of rotatable bonds is 1. The van der Waals surface area contributed by atoms with Crippen molar-refractivity contribution < 1.29 is 9.53 Å². The van der Waals surface area contributed by atoms with Crippen molar-refractivity contribution in [3.63, 3.8) is 0 Å². The Morgan fingerprint density at radius 2 is 2.09 bits per heavy atom. The Hall–Kier alpha value is -0.570. The molecule has 1 aliphatic rings. The van der Waals surface area contributed by atoms with Gasteiger partial charge in [0.05, 0.1) is 0 Å². The summed E-state index contributed by atoms with van der Waals surface area (Å²) >= 11 is 0. The quantitative estimate of drug-likeness (QED) is 0.618. The van der Waals surface area contributed by atoms with Gasteiger partial charge >= 0.3 is 0 Å². The van der Waals surface area contributed by atoms with Crippen molar-refractivity contribution in [1.82, 2.24) is 5.32 Å². The number of carbonyl (C=O) groups is 1. The van der Waals surface area contributed by atoms with Gasteiger partial charge in [0.25, 0.3) is 0 Å². The van der Waals surface area contributed by atoms with Gasteiger partial charge in [-0.1, -0.05) is 13.8 Å². The first-order valence-corrected chi connectivity index (χ1v) is 4.07. The predicted octanol–water partition coefficient (Wildman–Crippen LogP) is 0.936. The molecule has 2 unspecified atom stereocenters. The first-order valence-electron chi connectivity index (χ1n) is 4.07. The number of carbonyl (C=O) groups excluding carboxylic acids is 1. The SMILES string of the molecule is CC.COC1CC(C)NC1=O. The molecular weight excluding hydrogens is 142 g/mol. The second-order valence-corrected chi connectivity index (χ2v) is 2.37. The summed E-state index contributed by atoms with van der Waals surface area (Å²) in [5.74, 6) is 0.0185. The molecule has 66 valence electrons. The summed E-state index contributed by atoms with van der Waals surface area (Å²) in [4.78, 5) is 10.8. The monoisotopic (exact) mass is 159 g/mol. The van der Waals surface area contributed by atoms with Gasteiger partial charge in [0.2, 0.25) is 5.91 Å². The van der Waals surface area contributed by atoms with Gasteiger partial charge in [0, 0.05) is 19.6 Å². The van der Waals surface area contributed by atoms with Gasteiger partial charge < -0.3 is 10.1 Å². The van der Waals surface area contributed by atoms with Gasteiger partial charge in [0.15, 0.2) is 0 Å². The number of methoxy groups -OCH3 is 1. The van der Waals surface area contributed by atoms with E-state index in [2.05, 4.69) is 5.32 Å². The van der Waals surface area contributed by atoms with Crippen LogP contribution in [0.5, 0.6) is 0 Å². The number of nitrogens with one attached hydrogen (secondary N) is 1. The number of hydrogen-bond donors (Lipinski definition) is 1. The Bertz CT molecular complexity index is 125. The Labute approximate surface area is 68.1 Å². The first-order chi connectivity index (χ1) is 5.24. The van der Waals surface area contributed by atoms with Crippen molar-refractivity contribution in [2.45, 2.75) is 39.3 Å². The molecule has 3 heteroatoms. The van der Waals surface area contributed by atoms with Crippen LogP contribution in [0.25, 0.3) is 0 Å². The van der Waals surface area contributed by atoms with Crippen LogP contribution >= 0.6 is 0 Å². The molecule has 1 saturated heterocycles. The lowest BCUT2D eigenvalue weighted by molar-refractivity contribution is -0.127. The van der Waals surface area contributed by atoms with Gasteiger partial charge in [-0.25, -0.2) is 0 Å². The summed E-state index contributed by atoms with van der Waals surface area (Å²) in [5, 5.41) is 2.75. The third kappa shape index (κ3) is 2.89. The van der Waals surface area contributed by atoms with Crippen LogP contribution in [0.3, 0.4) is 0 Å². The van der Waals surface area contributed by atoms with Crippen LogP contribution in [0, 0.1) is 0 Å². The molecule has 11 heavy (non-hydrogen) atoms. The highest BCUT2D eigenvalue weighted by molar-refractivity contribution is 5.83. The highest BCUT2D eigenvalue weighted by Gasteiger charge is 2.28. The van der Waals surface area contributed by atoms with Gasteiger partial charge in [-0.05, 0) is 6.92 Å². The van der Waals surface area contributed by atoms with Crippen LogP contribution in [0.2, 0.25) is 0 Å². The second-order valence-electron chi connectivity index (χ2n) is 2.37. The van der Waals surface area contributed by atoms with Crippen molar-refractivity contribution in [3.05, 3.63) is 0 Å². The zero-order valence-electron chi connectivity index (χ0n) is 7.68. The first kappa shape index (κ1) is 10.4. The Kier molecular flexibility index (Phi) is 4.86. The van der Waals surface area contributed by atoms with E-state index in [9.17, 15) is 4.79 Å². The lowest BCUT2D eigenvalue weighted by Gasteiger charge is -2.00. The molecule has 0 bridgehead atoms. The van der Waals surface area contributed by atoms with Crippen LogP contribution in [0.1, 0.15) is 27.2 Å². The van der Waals surface area contributed by atoms with Crippen LogP contribution in [-0.4, -0.2) is 25.2 Å². The molecule has 0 aromatic carbocycles. The average molecular weight is 159 g/mol. The van der Waals surface area contributed by atoms with Gasteiger partial charge in [0.1, 0.15) is 6.10 Å². The van der Waals surface area contributed by atoms with E-state index >= 15 is 0 Å². The summed E-state index contributed by atoms with van der Waals surface area (Å²) in [6.45, 7) is 5.97. The van der Waals surface area contributed by atoms with Crippen LogP contribution in [0.4, 0.5) is 0 Å². The van der Waals surface area contributed by atoms with E-state index in [-0.39, 0.29) is 18.1 Å². The molecule has 1 rings (SSSR count). The predicted molar refractivity (Wildman–Crippen MR) is 44.4 cm³/mol. The van der Waals surface area contributed by atoms with E-state index < -0.39 is 0 Å². The summed E-state index contributed by atoms with van der Waals surface area (Å²) in [6.07, 6.45) is 0.593. The average Bonchev–Trinajstić information content (AvgIpc) is 2.33. The van der Waals surface area contributed by atoms with Crippen molar-refractivity contribution in [3.8, 4) is 0 Å². The summed E-state index contributed by atoms with van der Waals surface area (Å²) in [5.41, 5.74) is 0. The van der Waals surface area contributed by atoms with E-state index in [0.717, 1.165) is 6.42 Å². The normalized spacial score (nSPS) is 28.9. The van der Waals surface area contributed by atoms with Gasteiger partial charge in [-0.3, -0.25) is 4.79 Å². The maximum absolute atomic E-state index is 10.8. The minimum atomic E-state index is -0.208. The molecule has 0 aromatic rings. The van der Waals surface area contributed by atoms with E-state index in [0.29, 0.717) is 0 Å². The maximum Gasteiger partial charge on any atom is 0.249 e. The van der Waals surface area contributed by atoms with Gasteiger partial charge in [-0.15, -0.1) is 0 Å². The molecule has 0 aliphatic carbocycles. The molecule has 0 spiro atoms. The Morgan fingerprint density at radius 1 is 1.55 bits per heavy atom. The molecule has 1 fully saturated rings. The molecule has 1 aliphatic heterocycles. The van der Waals surface area contributed by atoms with E-state index in [1.807, 2.05) is 20.8 Å². The topological polar surface area (TPSA) is 38.3 Å². The smallest absolute Gasteiger partial charge is 0.249 e. The third-order valence-corrected chi connectivity index (χ3v) is 1.53. The maximum atomic E-state index is 10.8. The summed E-state index contributed by atoms with van der Waals surface area (Å²) in [7, 11) is 1.56. The van der Waals surface area contributed by atoms with Gasteiger partial charge in [-0.2, -0.15) is 0 Å². The fourth-order valence-corrected chi connectivity index (χ4v) is 1.03. The molecule has 0 aromatic heterocycles. The Morgan fingerprint density at radius 3 is 2.27 bits per heavy atom. The second kappa shape index (κ2) is 5.13. The Balaban J connectivity index is 0.000000461. The minimum Gasteiger partial charge on any atom is -0.372 e. The molecule has 1 amide bonds. The highest BCUT2D eigenvalue weighted by atomic mass is 16.5. The highest BCUT2D eigenvalue weighted by Crippen LogP contribution is 2.09. The number of amides is 1. The van der Waals surface area contributed by atoms with E-state index in [4.69, 9.17) is 4.74 Å². The van der Waals surface area contributed by atoms with Crippen LogP contribution in [-0.2, 0) is 9.53 Å². The standard InChI is InChI=1S/C6H11NO2.C2H6/c1-4-3-5(9-2)6(8)7-4;1-2/h4-5H,3H2,1-2H3,(H,7,8);1-2H3. The van der Waals surface area contributed by atoms with Crippen molar-refractivity contribution >= 4 is 5.91 Å². The van der Waals surface area contributed by atoms with Crippen LogP contribution in [0.15, 0.2) is 0 Å². The van der Waals surface area contributed by atoms with E-state index in [1.54, 1.807) is 7.11 Å². The summed E-state index contributed by atoms with van der Waals surface area (Å²) < 4.78 is 4.88. The third-order valence-electron chi connectivity index (χ3n) is 1.53. The molecule has 0 radical (unpaired) electrons. The lowest BCUT2D eigenvalue weighted by Crippen LogP contribution is -2.26. The number of hydrogen-bond acceptors (Lipinski definition) is 2. The summed E-state index contributed by atoms with van der Waals surface area (Å²) in [6, 6.07) is 0.280. The fourth-order valence-electron chi connectivity index (χ4n) is 1.03.